The molecule has 0 unspecified atom stereocenters. The number of thiophene rings is 1. The maximum absolute atomic E-state index is 12.1. The van der Waals surface area contributed by atoms with E-state index in [0.29, 0.717) is 15.6 Å². The van der Waals surface area contributed by atoms with Crippen molar-refractivity contribution < 1.29 is 4.79 Å². The molecule has 0 aliphatic rings. The third-order valence-corrected chi connectivity index (χ3v) is 4.87. The molecule has 1 aromatic carbocycles. The van der Waals surface area contributed by atoms with Gasteiger partial charge in [0.15, 0.2) is 5.69 Å². The van der Waals surface area contributed by atoms with Gasteiger partial charge in [0, 0.05) is 10.4 Å². The van der Waals surface area contributed by atoms with E-state index in [9.17, 15) is 4.79 Å². The highest BCUT2D eigenvalue weighted by atomic mass is 35.5. The molecule has 0 saturated heterocycles. The number of aryl methyl sites for hydroxylation is 1. The van der Waals surface area contributed by atoms with E-state index in [2.05, 4.69) is 20.7 Å². The average Bonchev–Trinajstić information content (AvgIpc) is 3.19. The van der Waals surface area contributed by atoms with E-state index in [1.54, 1.807) is 35.6 Å². The Kier molecular flexibility index (Phi) is 4.99. The summed E-state index contributed by atoms with van der Waals surface area (Å²) in [6, 6.07) is 10.8. The number of amides is 1. The van der Waals surface area contributed by atoms with Gasteiger partial charge in [-0.2, -0.15) is 10.2 Å². The van der Waals surface area contributed by atoms with Crippen molar-refractivity contribution in [1.29, 1.82) is 0 Å². The number of carbonyl (C=O) groups excluding carboxylic acids is 1. The molecule has 2 aromatic heterocycles. The summed E-state index contributed by atoms with van der Waals surface area (Å²) in [5.74, 6) is -0.426. The Balaban J connectivity index is 1.70. The zero-order chi connectivity index (χ0) is 17.1. The van der Waals surface area contributed by atoms with Crippen molar-refractivity contribution in [3.63, 3.8) is 0 Å². The summed E-state index contributed by atoms with van der Waals surface area (Å²) >= 11 is 13.7. The summed E-state index contributed by atoms with van der Waals surface area (Å²) in [6.45, 7) is 2.02. The summed E-state index contributed by atoms with van der Waals surface area (Å²) in [6.07, 6.45) is 1.40. The third-order valence-electron chi connectivity index (χ3n) is 3.18. The van der Waals surface area contributed by atoms with Gasteiger partial charge < -0.3 is 0 Å². The lowest BCUT2D eigenvalue weighted by atomic mass is 10.2. The zero-order valence-electron chi connectivity index (χ0n) is 12.5. The van der Waals surface area contributed by atoms with Crippen molar-refractivity contribution >= 4 is 46.7 Å². The average molecular weight is 379 g/mol. The van der Waals surface area contributed by atoms with Crippen LogP contribution in [0.5, 0.6) is 0 Å². The van der Waals surface area contributed by atoms with E-state index in [0.717, 1.165) is 10.6 Å². The molecule has 0 fully saturated rings. The first kappa shape index (κ1) is 16.7. The molecule has 5 nitrogen and oxygen atoms in total. The summed E-state index contributed by atoms with van der Waals surface area (Å²) in [5.41, 5.74) is 3.98. The number of nitrogens with zero attached hydrogens (tertiary/aromatic N) is 2. The number of aromatic nitrogens is 2. The number of benzene rings is 1. The number of hydrogen-bond donors (Lipinski definition) is 2. The van der Waals surface area contributed by atoms with Gasteiger partial charge in [-0.1, -0.05) is 29.3 Å². The molecule has 0 spiro atoms. The first-order valence-corrected chi connectivity index (χ1v) is 8.51. The largest absolute Gasteiger partial charge is 0.291 e. The lowest BCUT2D eigenvalue weighted by molar-refractivity contribution is 0.0950. The van der Waals surface area contributed by atoms with Gasteiger partial charge in [0.2, 0.25) is 0 Å². The van der Waals surface area contributed by atoms with Gasteiger partial charge in [0.1, 0.15) is 0 Å². The molecular weight excluding hydrogens is 367 g/mol. The van der Waals surface area contributed by atoms with E-state index in [-0.39, 0.29) is 5.69 Å². The summed E-state index contributed by atoms with van der Waals surface area (Å²) in [5, 5.41) is 11.6. The van der Waals surface area contributed by atoms with Crippen LogP contribution in [0.15, 0.2) is 41.5 Å². The SMILES string of the molecule is Cc1ccc(-c2cc(C(=O)N/N=C\c3c(Cl)cccc3Cl)n[nH]2)s1. The van der Waals surface area contributed by atoms with Gasteiger partial charge in [-0.25, -0.2) is 5.43 Å². The number of aromatic amines is 1. The number of carbonyl (C=O) groups is 1. The molecule has 1 amide bonds. The van der Waals surface area contributed by atoms with Crippen molar-refractivity contribution in [2.24, 2.45) is 5.10 Å². The monoisotopic (exact) mass is 378 g/mol. The first-order chi connectivity index (χ1) is 11.5. The lowest BCUT2D eigenvalue weighted by Gasteiger charge is -2.00. The fraction of sp³-hybridized carbons (Fsp3) is 0.0625. The second-order valence-corrected chi connectivity index (χ2v) is 7.01. The van der Waals surface area contributed by atoms with E-state index < -0.39 is 5.91 Å². The number of hydrazone groups is 1. The minimum absolute atomic E-state index is 0.249. The number of hydrogen-bond acceptors (Lipinski definition) is 4. The summed E-state index contributed by atoms with van der Waals surface area (Å²) in [7, 11) is 0. The van der Waals surface area contributed by atoms with Crippen LogP contribution in [0.3, 0.4) is 0 Å². The van der Waals surface area contributed by atoms with Crippen LogP contribution in [-0.2, 0) is 0 Å². The normalized spacial score (nSPS) is 11.1. The standard InChI is InChI=1S/C16H12Cl2N4OS/c1-9-5-6-15(24-9)13-7-14(21-20-13)16(23)22-19-8-10-11(17)3-2-4-12(10)18/h2-8H,1H3,(H,20,21)(H,22,23)/b19-8-. The molecule has 8 heteroatoms. The van der Waals surface area contributed by atoms with E-state index in [1.165, 1.54) is 11.1 Å². The highest BCUT2D eigenvalue weighted by Crippen LogP contribution is 2.26. The number of halogens is 2. The minimum atomic E-state index is -0.426. The molecule has 24 heavy (non-hydrogen) atoms. The quantitative estimate of drug-likeness (QED) is 0.517. The Morgan fingerprint density at radius 2 is 2.04 bits per heavy atom. The zero-order valence-corrected chi connectivity index (χ0v) is 14.8. The van der Waals surface area contributed by atoms with E-state index in [4.69, 9.17) is 23.2 Å². The van der Waals surface area contributed by atoms with Gasteiger partial charge in [-0.05, 0) is 37.3 Å². The molecule has 2 N–H and O–H groups in total. The van der Waals surface area contributed by atoms with Crippen LogP contribution < -0.4 is 5.43 Å². The smallest absolute Gasteiger partial charge is 0.276 e. The Labute approximate surface area is 152 Å². The molecule has 0 bridgehead atoms. The van der Waals surface area contributed by atoms with Crippen molar-refractivity contribution in [2.45, 2.75) is 6.92 Å². The van der Waals surface area contributed by atoms with Crippen LogP contribution >= 0.6 is 34.5 Å². The van der Waals surface area contributed by atoms with Gasteiger partial charge in [-0.3, -0.25) is 9.89 Å². The van der Waals surface area contributed by atoms with Gasteiger partial charge in [-0.15, -0.1) is 11.3 Å². The van der Waals surface area contributed by atoms with Crippen molar-refractivity contribution in [2.75, 3.05) is 0 Å². The van der Waals surface area contributed by atoms with Crippen molar-refractivity contribution in [1.82, 2.24) is 15.6 Å². The van der Waals surface area contributed by atoms with Gasteiger partial charge >= 0.3 is 0 Å². The lowest BCUT2D eigenvalue weighted by Crippen LogP contribution is -2.18. The summed E-state index contributed by atoms with van der Waals surface area (Å²) < 4.78 is 0. The second kappa shape index (κ2) is 7.17. The Hall–Kier alpha value is -2.15. The number of rotatable bonds is 4. The highest BCUT2D eigenvalue weighted by Gasteiger charge is 2.12. The molecule has 3 aromatic rings. The highest BCUT2D eigenvalue weighted by molar-refractivity contribution is 7.15. The molecular formula is C16H12Cl2N4OS. The van der Waals surface area contributed by atoms with Crippen LogP contribution in [0.1, 0.15) is 20.9 Å². The molecule has 0 aliphatic heterocycles. The molecule has 0 saturated carbocycles. The third kappa shape index (κ3) is 3.67. The van der Waals surface area contributed by atoms with Crippen LogP contribution in [0.25, 0.3) is 10.6 Å². The van der Waals surface area contributed by atoms with Gasteiger partial charge in [0.25, 0.3) is 5.91 Å². The maximum Gasteiger partial charge on any atom is 0.291 e. The second-order valence-electron chi connectivity index (χ2n) is 4.91. The Morgan fingerprint density at radius 3 is 2.71 bits per heavy atom. The first-order valence-electron chi connectivity index (χ1n) is 6.94. The fourth-order valence-corrected chi connectivity index (χ4v) is 3.32. The van der Waals surface area contributed by atoms with Crippen molar-refractivity contribution in [3.05, 3.63) is 62.6 Å². The fourth-order valence-electron chi connectivity index (χ4n) is 1.99. The van der Waals surface area contributed by atoms with Crippen LogP contribution in [0.4, 0.5) is 0 Å². The molecule has 2 heterocycles. The van der Waals surface area contributed by atoms with Gasteiger partial charge in [0.05, 0.1) is 26.8 Å². The topological polar surface area (TPSA) is 70.1 Å². The van der Waals surface area contributed by atoms with E-state index in [1.807, 2.05) is 19.1 Å². The number of nitrogens with one attached hydrogen (secondary N) is 2. The molecule has 0 atom stereocenters. The molecule has 3 rings (SSSR count). The van der Waals surface area contributed by atoms with Crippen LogP contribution in [0.2, 0.25) is 10.0 Å². The van der Waals surface area contributed by atoms with E-state index >= 15 is 0 Å². The Morgan fingerprint density at radius 1 is 1.29 bits per heavy atom. The van der Waals surface area contributed by atoms with Crippen LogP contribution in [0, 0.1) is 6.92 Å². The molecule has 0 radical (unpaired) electrons. The predicted molar refractivity (Wildman–Crippen MR) is 98.2 cm³/mol. The number of H-pyrrole nitrogens is 1. The molecule has 0 aliphatic carbocycles. The van der Waals surface area contributed by atoms with Crippen molar-refractivity contribution in [3.8, 4) is 10.6 Å². The minimum Gasteiger partial charge on any atom is -0.276 e. The summed E-state index contributed by atoms with van der Waals surface area (Å²) in [4.78, 5) is 14.3. The van der Waals surface area contributed by atoms with Crippen LogP contribution in [-0.4, -0.2) is 22.3 Å². The molecule has 122 valence electrons. The predicted octanol–water partition coefficient (Wildman–Crippen LogP) is 4.52. The maximum atomic E-state index is 12.1. The Bertz CT molecular complexity index is 896.